The molecule has 0 aliphatic carbocycles. The van der Waals surface area contributed by atoms with Crippen molar-refractivity contribution in [2.45, 2.75) is 38.6 Å². The lowest BCUT2D eigenvalue weighted by molar-refractivity contribution is 0.318. The Morgan fingerprint density at radius 1 is 1.37 bits per heavy atom. The molecule has 0 aliphatic heterocycles. The molecule has 6 heteroatoms. The Morgan fingerprint density at radius 3 is 2.47 bits per heavy atom. The maximum absolute atomic E-state index is 12.6. The van der Waals surface area contributed by atoms with Crippen LogP contribution in [0.25, 0.3) is 0 Å². The summed E-state index contributed by atoms with van der Waals surface area (Å²) >= 11 is 0. The van der Waals surface area contributed by atoms with Gasteiger partial charge >= 0.3 is 0 Å². The molecule has 0 unspecified atom stereocenters. The monoisotopic (exact) mass is 281 g/mol. The lowest BCUT2D eigenvalue weighted by atomic mass is 10.2. The quantitative estimate of drug-likeness (QED) is 0.827. The molecular formula is C13H19N3O2S. The average Bonchev–Trinajstić information content (AvgIpc) is 2.35. The van der Waals surface area contributed by atoms with Crippen LogP contribution < -0.4 is 0 Å². The maximum Gasteiger partial charge on any atom is 0.246 e. The zero-order chi connectivity index (χ0) is 14.6. The number of nitrogens with zero attached hydrogens (tertiary/aromatic N) is 3. The molecule has 0 N–H and O–H groups in total. The summed E-state index contributed by atoms with van der Waals surface area (Å²) in [6.07, 6.45) is 1.42. The van der Waals surface area contributed by atoms with E-state index in [1.165, 1.54) is 22.6 Å². The second kappa shape index (κ2) is 6.13. The highest BCUT2D eigenvalue weighted by Gasteiger charge is 2.30. The number of pyridine rings is 1. The third kappa shape index (κ3) is 3.52. The largest absolute Gasteiger partial charge is 0.246 e. The van der Waals surface area contributed by atoms with Gasteiger partial charge in [-0.05, 0) is 31.9 Å². The molecule has 0 aliphatic rings. The van der Waals surface area contributed by atoms with E-state index < -0.39 is 10.0 Å². The molecule has 0 spiro atoms. The molecule has 0 saturated carbocycles. The molecule has 0 aromatic carbocycles. The molecular weight excluding hydrogens is 262 g/mol. The van der Waals surface area contributed by atoms with E-state index in [1.54, 1.807) is 0 Å². The van der Waals surface area contributed by atoms with Gasteiger partial charge in [-0.3, -0.25) is 0 Å². The van der Waals surface area contributed by atoms with E-state index in [-0.39, 0.29) is 22.5 Å². The van der Waals surface area contributed by atoms with Gasteiger partial charge in [0.2, 0.25) is 10.0 Å². The first-order valence-corrected chi connectivity index (χ1v) is 7.61. The summed E-state index contributed by atoms with van der Waals surface area (Å²) in [5.74, 6) is 0.208. The Hall–Kier alpha value is -1.45. The van der Waals surface area contributed by atoms with Gasteiger partial charge in [0.1, 0.15) is 11.0 Å². The lowest BCUT2D eigenvalue weighted by Gasteiger charge is -2.27. The van der Waals surface area contributed by atoms with Crippen molar-refractivity contribution in [1.29, 1.82) is 5.26 Å². The third-order valence-electron chi connectivity index (χ3n) is 2.58. The summed E-state index contributed by atoms with van der Waals surface area (Å²) in [6.45, 7) is 7.98. The highest BCUT2D eigenvalue weighted by molar-refractivity contribution is 7.89. The van der Waals surface area contributed by atoms with Crippen molar-refractivity contribution in [3.63, 3.8) is 0 Å². The summed E-state index contributed by atoms with van der Waals surface area (Å²) in [4.78, 5) is 3.80. The van der Waals surface area contributed by atoms with Crippen LogP contribution in [0.15, 0.2) is 23.2 Å². The molecule has 0 bridgehead atoms. The molecule has 0 radical (unpaired) electrons. The first-order chi connectivity index (χ1) is 8.80. The van der Waals surface area contributed by atoms with Crippen molar-refractivity contribution < 1.29 is 8.42 Å². The van der Waals surface area contributed by atoms with Gasteiger partial charge in [0.15, 0.2) is 5.69 Å². The minimum atomic E-state index is -3.69. The SMILES string of the molecule is CC(C)CN(C(C)C)S(=O)(=O)c1cccnc1C#N. The fraction of sp³-hybridized carbons (Fsp3) is 0.538. The highest BCUT2D eigenvalue weighted by atomic mass is 32.2. The first kappa shape index (κ1) is 15.6. The summed E-state index contributed by atoms with van der Waals surface area (Å²) in [6, 6.07) is 4.62. The van der Waals surface area contributed by atoms with Crippen LogP contribution in [0.4, 0.5) is 0 Å². The predicted octanol–water partition coefficient (Wildman–Crippen LogP) is 2.01. The van der Waals surface area contributed by atoms with Gasteiger partial charge in [-0.25, -0.2) is 13.4 Å². The Labute approximate surface area is 114 Å². The maximum atomic E-state index is 12.6. The van der Waals surface area contributed by atoms with Gasteiger partial charge in [0, 0.05) is 18.8 Å². The number of sulfonamides is 1. The standard InChI is InChI=1S/C13H19N3O2S/c1-10(2)9-16(11(3)4)19(17,18)13-6-5-7-15-12(13)8-14/h5-7,10-11H,9H2,1-4H3. The minimum Gasteiger partial charge on any atom is -0.244 e. The van der Waals surface area contributed by atoms with Crippen LogP contribution in [0, 0.1) is 17.2 Å². The molecule has 0 saturated heterocycles. The van der Waals surface area contributed by atoms with Gasteiger partial charge in [-0.2, -0.15) is 9.57 Å². The van der Waals surface area contributed by atoms with E-state index in [1.807, 2.05) is 33.8 Å². The fourth-order valence-corrected chi connectivity index (χ4v) is 3.65. The summed E-state index contributed by atoms with van der Waals surface area (Å²) in [7, 11) is -3.69. The summed E-state index contributed by atoms with van der Waals surface area (Å²) in [5, 5.41) is 8.99. The molecule has 1 heterocycles. The Morgan fingerprint density at radius 2 is 2.00 bits per heavy atom. The zero-order valence-electron chi connectivity index (χ0n) is 11.7. The van der Waals surface area contributed by atoms with E-state index in [0.717, 1.165) is 0 Å². The van der Waals surface area contributed by atoms with E-state index in [0.29, 0.717) is 6.54 Å². The Bertz CT molecular complexity index is 574. The molecule has 1 aromatic rings. The molecule has 1 rings (SSSR count). The molecule has 5 nitrogen and oxygen atoms in total. The van der Waals surface area contributed by atoms with Crippen LogP contribution in [0.3, 0.4) is 0 Å². The van der Waals surface area contributed by atoms with Crippen molar-refractivity contribution in [3.8, 4) is 6.07 Å². The van der Waals surface area contributed by atoms with E-state index in [2.05, 4.69) is 4.98 Å². The van der Waals surface area contributed by atoms with Gasteiger partial charge in [-0.1, -0.05) is 13.8 Å². The molecule has 1 aromatic heterocycles. The second-order valence-corrected chi connectivity index (χ2v) is 6.88. The van der Waals surface area contributed by atoms with Gasteiger partial charge < -0.3 is 0 Å². The van der Waals surface area contributed by atoms with Crippen molar-refractivity contribution in [3.05, 3.63) is 24.0 Å². The smallest absolute Gasteiger partial charge is 0.244 e. The number of aromatic nitrogens is 1. The average molecular weight is 281 g/mol. The van der Waals surface area contributed by atoms with Crippen molar-refractivity contribution >= 4 is 10.0 Å². The fourth-order valence-electron chi connectivity index (χ4n) is 1.76. The number of nitriles is 1. The van der Waals surface area contributed by atoms with E-state index in [9.17, 15) is 8.42 Å². The summed E-state index contributed by atoms with van der Waals surface area (Å²) in [5.41, 5.74) is -0.0584. The van der Waals surface area contributed by atoms with Gasteiger partial charge in [-0.15, -0.1) is 0 Å². The van der Waals surface area contributed by atoms with Crippen LogP contribution >= 0.6 is 0 Å². The third-order valence-corrected chi connectivity index (χ3v) is 4.66. The minimum absolute atomic E-state index is 0.0214. The lowest BCUT2D eigenvalue weighted by Crippen LogP contribution is -2.39. The molecule has 0 atom stereocenters. The zero-order valence-corrected chi connectivity index (χ0v) is 12.5. The first-order valence-electron chi connectivity index (χ1n) is 6.17. The molecule has 19 heavy (non-hydrogen) atoms. The van der Waals surface area contributed by atoms with Gasteiger partial charge in [0.25, 0.3) is 0 Å². The van der Waals surface area contributed by atoms with Crippen molar-refractivity contribution in [2.24, 2.45) is 5.92 Å². The van der Waals surface area contributed by atoms with Crippen LogP contribution in [0.2, 0.25) is 0 Å². The van der Waals surface area contributed by atoms with Crippen molar-refractivity contribution in [2.75, 3.05) is 6.54 Å². The summed E-state index contributed by atoms with van der Waals surface area (Å²) < 4.78 is 26.7. The predicted molar refractivity (Wildman–Crippen MR) is 72.8 cm³/mol. The van der Waals surface area contributed by atoms with Crippen molar-refractivity contribution in [1.82, 2.24) is 9.29 Å². The topological polar surface area (TPSA) is 74.1 Å². The van der Waals surface area contributed by atoms with E-state index in [4.69, 9.17) is 5.26 Å². The molecule has 0 fully saturated rings. The van der Waals surface area contributed by atoms with Gasteiger partial charge in [0.05, 0.1) is 0 Å². The van der Waals surface area contributed by atoms with E-state index >= 15 is 0 Å². The van der Waals surface area contributed by atoms with Crippen LogP contribution in [-0.2, 0) is 10.0 Å². The Kier molecular flexibility index (Phi) is 5.04. The number of hydrogen-bond donors (Lipinski definition) is 0. The highest BCUT2D eigenvalue weighted by Crippen LogP contribution is 2.21. The molecule has 0 amide bonds. The van der Waals surface area contributed by atoms with Crippen LogP contribution in [0.5, 0.6) is 0 Å². The van der Waals surface area contributed by atoms with Crippen LogP contribution in [0.1, 0.15) is 33.4 Å². The Balaban J connectivity index is 3.32. The normalized spacial score (nSPS) is 12.1. The number of hydrogen-bond acceptors (Lipinski definition) is 4. The second-order valence-electron chi connectivity index (χ2n) is 5.02. The number of rotatable bonds is 5. The molecule has 104 valence electrons. The van der Waals surface area contributed by atoms with Crippen LogP contribution in [-0.4, -0.2) is 30.3 Å².